The van der Waals surface area contributed by atoms with Crippen LogP contribution in [0, 0.1) is 0 Å². The SMILES string of the molecule is CC(C)(C)OC(=O)N1CC(NC(=O)c2cccn3c(=O)c4cc5ccccc5cc4nc23)C1. The van der Waals surface area contributed by atoms with Gasteiger partial charge in [-0.2, -0.15) is 0 Å². The Morgan fingerprint density at radius 1 is 1.06 bits per heavy atom. The minimum absolute atomic E-state index is 0.193. The molecule has 2 amide bonds. The number of fused-ring (bicyclic) bond motifs is 3. The molecule has 5 rings (SSSR count). The van der Waals surface area contributed by atoms with Gasteiger partial charge in [0.05, 0.1) is 22.5 Å². The number of nitrogens with one attached hydrogen (secondary N) is 1. The molecular formula is C25H24N4O4. The minimum atomic E-state index is -0.568. The molecule has 0 saturated carbocycles. The van der Waals surface area contributed by atoms with E-state index in [1.807, 2.05) is 57.2 Å². The van der Waals surface area contributed by atoms with Gasteiger partial charge in [0, 0.05) is 19.3 Å². The maximum Gasteiger partial charge on any atom is 0.410 e. The summed E-state index contributed by atoms with van der Waals surface area (Å²) in [6.45, 7) is 6.17. The maximum atomic E-state index is 13.2. The van der Waals surface area contributed by atoms with E-state index in [2.05, 4.69) is 10.3 Å². The number of benzene rings is 2. The van der Waals surface area contributed by atoms with E-state index < -0.39 is 11.7 Å². The first-order valence-corrected chi connectivity index (χ1v) is 10.8. The summed E-state index contributed by atoms with van der Waals surface area (Å²) in [6.07, 6.45) is 1.22. The zero-order valence-corrected chi connectivity index (χ0v) is 18.7. The third kappa shape index (κ3) is 3.88. The molecule has 4 aromatic rings. The molecule has 0 unspecified atom stereocenters. The van der Waals surface area contributed by atoms with Crippen molar-refractivity contribution in [1.29, 1.82) is 0 Å². The second kappa shape index (κ2) is 7.58. The van der Waals surface area contributed by atoms with Gasteiger partial charge >= 0.3 is 6.09 Å². The normalized spacial score (nSPS) is 14.5. The standard InChI is InChI=1S/C25H24N4O4/c1-25(2,3)33-24(32)28-13-17(14-28)26-22(30)18-9-6-10-29-21(18)27-20-12-16-8-5-4-7-15(16)11-19(20)23(29)31/h4-12,17H,13-14H2,1-3H3,(H,26,30). The average Bonchev–Trinajstić information content (AvgIpc) is 2.73. The Labute approximate surface area is 189 Å². The number of amides is 2. The van der Waals surface area contributed by atoms with E-state index in [0.717, 1.165) is 10.8 Å². The third-order valence-corrected chi connectivity index (χ3v) is 5.62. The summed E-state index contributed by atoms with van der Waals surface area (Å²) >= 11 is 0. The first-order valence-electron chi connectivity index (χ1n) is 10.8. The first kappa shape index (κ1) is 20.9. The molecule has 2 aromatic carbocycles. The fourth-order valence-electron chi connectivity index (χ4n) is 4.00. The smallest absolute Gasteiger partial charge is 0.410 e. The van der Waals surface area contributed by atoms with Crippen LogP contribution in [0.1, 0.15) is 31.1 Å². The van der Waals surface area contributed by atoms with Gasteiger partial charge < -0.3 is 15.0 Å². The van der Waals surface area contributed by atoms with E-state index in [1.165, 1.54) is 4.40 Å². The second-order valence-corrected chi connectivity index (χ2v) is 9.30. The molecule has 0 atom stereocenters. The van der Waals surface area contributed by atoms with Gasteiger partial charge in [-0.1, -0.05) is 24.3 Å². The Bertz CT molecular complexity index is 1480. The van der Waals surface area contributed by atoms with Crippen LogP contribution in [-0.2, 0) is 4.74 Å². The van der Waals surface area contributed by atoms with Gasteiger partial charge in [0.2, 0.25) is 0 Å². The predicted octanol–water partition coefficient (Wildman–Crippen LogP) is 3.35. The van der Waals surface area contributed by atoms with Crippen molar-refractivity contribution < 1.29 is 14.3 Å². The molecule has 1 N–H and O–H groups in total. The zero-order chi connectivity index (χ0) is 23.3. The summed E-state index contributed by atoms with van der Waals surface area (Å²) in [5, 5.41) is 5.35. The molecule has 168 valence electrons. The Morgan fingerprint density at radius 3 is 2.45 bits per heavy atom. The largest absolute Gasteiger partial charge is 0.444 e. The maximum absolute atomic E-state index is 13.2. The lowest BCUT2D eigenvalue weighted by atomic mass is 10.1. The van der Waals surface area contributed by atoms with Crippen molar-refractivity contribution in [2.24, 2.45) is 0 Å². The number of pyridine rings is 1. The summed E-state index contributed by atoms with van der Waals surface area (Å²) in [5.41, 5.74) is 0.349. The molecule has 0 radical (unpaired) electrons. The van der Waals surface area contributed by atoms with Crippen molar-refractivity contribution in [2.75, 3.05) is 13.1 Å². The lowest BCUT2D eigenvalue weighted by Gasteiger charge is -2.39. The van der Waals surface area contributed by atoms with Gasteiger partial charge in [0.1, 0.15) is 5.60 Å². The van der Waals surface area contributed by atoms with E-state index in [-0.39, 0.29) is 17.5 Å². The molecule has 0 aliphatic carbocycles. The molecule has 8 heteroatoms. The summed E-state index contributed by atoms with van der Waals surface area (Å²) in [7, 11) is 0. The van der Waals surface area contributed by atoms with Crippen LogP contribution >= 0.6 is 0 Å². The number of hydrogen-bond acceptors (Lipinski definition) is 5. The summed E-state index contributed by atoms with van der Waals surface area (Å²) in [4.78, 5) is 44.5. The van der Waals surface area contributed by atoms with E-state index in [4.69, 9.17) is 4.74 Å². The van der Waals surface area contributed by atoms with Crippen LogP contribution in [0.2, 0.25) is 0 Å². The molecule has 0 spiro atoms. The highest BCUT2D eigenvalue weighted by Crippen LogP contribution is 2.21. The molecule has 1 aliphatic rings. The van der Waals surface area contributed by atoms with Crippen LogP contribution in [0.25, 0.3) is 27.3 Å². The highest BCUT2D eigenvalue weighted by molar-refractivity contribution is 6.02. The molecule has 33 heavy (non-hydrogen) atoms. The lowest BCUT2D eigenvalue weighted by Crippen LogP contribution is -2.61. The lowest BCUT2D eigenvalue weighted by molar-refractivity contribution is 0.00533. The summed E-state index contributed by atoms with van der Waals surface area (Å²) in [5.74, 6) is -0.339. The summed E-state index contributed by atoms with van der Waals surface area (Å²) < 4.78 is 6.75. The quantitative estimate of drug-likeness (QED) is 0.479. The number of hydrogen-bond donors (Lipinski definition) is 1. The first-order chi connectivity index (χ1) is 15.7. The average molecular weight is 444 g/mol. The van der Waals surface area contributed by atoms with E-state index in [0.29, 0.717) is 35.2 Å². The monoisotopic (exact) mass is 444 g/mol. The van der Waals surface area contributed by atoms with Crippen molar-refractivity contribution >= 4 is 39.3 Å². The number of carbonyl (C=O) groups excluding carboxylic acids is 2. The molecule has 8 nitrogen and oxygen atoms in total. The van der Waals surface area contributed by atoms with Crippen LogP contribution < -0.4 is 10.9 Å². The molecular weight excluding hydrogens is 420 g/mol. The number of likely N-dealkylation sites (tertiary alicyclic amines) is 1. The van der Waals surface area contributed by atoms with Crippen LogP contribution in [0.15, 0.2) is 59.5 Å². The Hall–Kier alpha value is -3.94. The van der Waals surface area contributed by atoms with Gasteiger partial charge in [-0.05, 0) is 55.8 Å². The number of aromatic nitrogens is 2. The molecule has 1 saturated heterocycles. The van der Waals surface area contributed by atoms with Crippen molar-refractivity contribution in [2.45, 2.75) is 32.4 Å². The second-order valence-electron chi connectivity index (χ2n) is 9.30. The number of carbonyl (C=O) groups is 2. The fourth-order valence-corrected chi connectivity index (χ4v) is 4.00. The molecule has 0 bridgehead atoms. The van der Waals surface area contributed by atoms with E-state index in [1.54, 1.807) is 23.2 Å². The summed E-state index contributed by atoms with van der Waals surface area (Å²) in [6, 6.07) is 14.6. The van der Waals surface area contributed by atoms with Gasteiger partial charge in [0.15, 0.2) is 5.65 Å². The minimum Gasteiger partial charge on any atom is -0.444 e. The van der Waals surface area contributed by atoms with E-state index in [9.17, 15) is 14.4 Å². The van der Waals surface area contributed by atoms with Gasteiger partial charge in [-0.3, -0.25) is 14.0 Å². The van der Waals surface area contributed by atoms with Crippen molar-refractivity contribution in [3.8, 4) is 0 Å². The van der Waals surface area contributed by atoms with Crippen LogP contribution in [0.3, 0.4) is 0 Å². The Balaban J connectivity index is 1.43. The highest BCUT2D eigenvalue weighted by Gasteiger charge is 2.35. The van der Waals surface area contributed by atoms with Crippen molar-refractivity contribution in [3.63, 3.8) is 0 Å². The number of ether oxygens (including phenoxy) is 1. The molecule has 1 fully saturated rings. The van der Waals surface area contributed by atoms with Gasteiger partial charge in [-0.15, -0.1) is 0 Å². The third-order valence-electron chi connectivity index (χ3n) is 5.62. The number of nitrogens with zero attached hydrogens (tertiary/aromatic N) is 3. The topological polar surface area (TPSA) is 93.0 Å². The van der Waals surface area contributed by atoms with Gasteiger partial charge in [-0.25, -0.2) is 9.78 Å². The van der Waals surface area contributed by atoms with Crippen molar-refractivity contribution in [1.82, 2.24) is 19.6 Å². The van der Waals surface area contributed by atoms with Crippen LogP contribution in [-0.4, -0.2) is 51.0 Å². The van der Waals surface area contributed by atoms with Crippen LogP contribution in [0.5, 0.6) is 0 Å². The van der Waals surface area contributed by atoms with Crippen molar-refractivity contribution in [3.05, 3.63) is 70.6 Å². The molecule has 2 aromatic heterocycles. The molecule has 3 heterocycles. The fraction of sp³-hybridized carbons (Fsp3) is 0.280. The molecule has 1 aliphatic heterocycles. The van der Waals surface area contributed by atoms with E-state index >= 15 is 0 Å². The van der Waals surface area contributed by atoms with Crippen LogP contribution in [0.4, 0.5) is 4.79 Å². The predicted molar refractivity (Wildman–Crippen MR) is 126 cm³/mol. The zero-order valence-electron chi connectivity index (χ0n) is 18.7. The highest BCUT2D eigenvalue weighted by atomic mass is 16.6. The number of rotatable bonds is 2. The van der Waals surface area contributed by atoms with Gasteiger partial charge in [0.25, 0.3) is 11.5 Å². The Kier molecular flexibility index (Phi) is 4.81. The Morgan fingerprint density at radius 2 is 1.76 bits per heavy atom.